The lowest BCUT2D eigenvalue weighted by Crippen LogP contribution is -2.26. The van der Waals surface area contributed by atoms with E-state index >= 15 is 0 Å². The number of phenolic OH excluding ortho intramolecular Hbond substituents is 1. The van der Waals surface area contributed by atoms with Gasteiger partial charge in [-0.25, -0.2) is 15.0 Å². The average molecular weight is 475 g/mol. The van der Waals surface area contributed by atoms with Gasteiger partial charge in [-0.3, -0.25) is 4.79 Å². The second kappa shape index (κ2) is 10.5. The molecule has 0 aliphatic carbocycles. The summed E-state index contributed by atoms with van der Waals surface area (Å²) in [4.78, 5) is 28.8. The molecule has 0 aliphatic rings. The van der Waals surface area contributed by atoms with Gasteiger partial charge in [0.25, 0.3) is 5.91 Å². The normalized spacial score (nSPS) is 11.1. The number of pyridine rings is 2. The van der Waals surface area contributed by atoms with Gasteiger partial charge in [0, 0.05) is 31.9 Å². The van der Waals surface area contributed by atoms with Gasteiger partial charge >= 0.3 is 0 Å². The lowest BCUT2D eigenvalue weighted by molar-refractivity contribution is 0.0777. The summed E-state index contributed by atoms with van der Waals surface area (Å²) in [5.41, 5.74) is 4.06. The van der Waals surface area contributed by atoms with Crippen LogP contribution in [0.2, 0.25) is 0 Å². The maximum absolute atomic E-state index is 13.5. The summed E-state index contributed by atoms with van der Waals surface area (Å²) < 4.78 is 5.67. The van der Waals surface area contributed by atoms with E-state index in [1.165, 1.54) is 0 Å². The molecule has 0 spiro atoms. The molecule has 0 aliphatic heterocycles. The molecule has 0 atom stereocenters. The van der Waals surface area contributed by atoms with E-state index < -0.39 is 0 Å². The molecule has 9 nitrogen and oxygen atoms in total. The Balaban J connectivity index is 1.70. The molecule has 0 saturated carbocycles. The number of aromatic hydroxyl groups is 1. The van der Waals surface area contributed by atoms with Crippen molar-refractivity contribution in [2.75, 3.05) is 32.5 Å². The van der Waals surface area contributed by atoms with Crippen molar-refractivity contribution < 1.29 is 14.3 Å². The van der Waals surface area contributed by atoms with Crippen molar-refractivity contribution in [2.24, 2.45) is 0 Å². The van der Waals surface area contributed by atoms with Gasteiger partial charge < -0.3 is 25.1 Å². The highest BCUT2D eigenvalue weighted by Gasteiger charge is 2.20. The second-order valence-electron chi connectivity index (χ2n) is 8.35. The molecule has 0 bridgehead atoms. The summed E-state index contributed by atoms with van der Waals surface area (Å²) in [5, 5.41) is 17.1. The number of anilines is 1. The Bertz CT molecular complexity index is 1350. The number of nitrogens with one attached hydrogen (secondary N) is 2. The van der Waals surface area contributed by atoms with E-state index in [-0.39, 0.29) is 18.2 Å². The Hall–Kier alpha value is -3.98. The van der Waals surface area contributed by atoms with Gasteiger partial charge in [0.05, 0.1) is 46.6 Å². The van der Waals surface area contributed by atoms with Crippen molar-refractivity contribution in [2.45, 2.75) is 26.8 Å². The largest absolute Gasteiger partial charge is 0.508 e. The number of aromatic nitrogens is 3. The van der Waals surface area contributed by atoms with E-state index in [1.54, 1.807) is 42.4 Å². The Morgan fingerprint density at radius 3 is 2.66 bits per heavy atom. The maximum Gasteiger partial charge on any atom is 0.254 e. The first-order valence-corrected chi connectivity index (χ1v) is 11.6. The van der Waals surface area contributed by atoms with Crippen LogP contribution in [0.4, 0.5) is 5.69 Å². The van der Waals surface area contributed by atoms with Crippen LogP contribution in [0.15, 0.2) is 47.0 Å². The van der Waals surface area contributed by atoms with Gasteiger partial charge in [0.15, 0.2) is 5.89 Å². The predicted molar refractivity (Wildman–Crippen MR) is 135 cm³/mol. The number of phenols is 1. The third-order valence-corrected chi connectivity index (χ3v) is 5.70. The lowest BCUT2D eigenvalue weighted by atomic mass is 10.0. The van der Waals surface area contributed by atoms with Crippen LogP contribution in [0.1, 0.15) is 34.6 Å². The number of likely N-dealkylation sites (N-methyl/N-ethyl adjacent to an activating group) is 1. The summed E-state index contributed by atoms with van der Waals surface area (Å²) in [6.07, 6.45) is 2.33. The number of benzene rings is 1. The Morgan fingerprint density at radius 2 is 1.94 bits per heavy atom. The van der Waals surface area contributed by atoms with Crippen LogP contribution in [0.5, 0.6) is 5.75 Å². The highest BCUT2D eigenvalue weighted by atomic mass is 16.4. The van der Waals surface area contributed by atoms with E-state index in [2.05, 4.69) is 15.6 Å². The number of carbonyl (C=O) groups is 1. The first-order valence-electron chi connectivity index (χ1n) is 11.6. The summed E-state index contributed by atoms with van der Waals surface area (Å²) >= 11 is 0. The highest BCUT2D eigenvalue weighted by molar-refractivity contribution is 6.07. The highest BCUT2D eigenvalue weighted by Crippen LogP contribution is 2.29. The zero-order chi connectivity index (χ0) is 24.9. The Labute approximate surface area is 204 Å². The fourth-order valence-electron chi connectivity index (χ4n) is 3.83. The molecule has 4 rings (SSSR count). The van der Waals surface area contributed by atoms with Crippen LogP contribution in [-0.2, 0) is 13.0 Å². The first kappa shape index (κ1) is 24.2. The van der Waals surface area contributed by atoms with Gasteiger partial charge in [0.1, 0.15) is 11.5 Å². The predicted octanol–water partition coefficient (Wildman–Crippen LogP) is 3.76. The SMILES string of the molecule is CCc1ncc(CN(C)C(=O)c2cc(-c3ccc(NCCNC)c(C)n3)nc3ccc(O)cc23)o1. The Morgan fingerprint density at radius 1 is 1.11 bits per heavy atom. The van der Waals surface area contributed by atoms with Crippen molar-refractivity contribution in [3.8, 4) is 17.1 Å². The number of hydrogen-bond donors (Lipinski definition) is 3. The molecule has 0 radical (unpaired) electrons. The summed E-state index contributed by atoms with van der Waals surface area (Å²) in [7, 11) is 3.62. The molecule has 1 amide bonds. The maximum atomic E-state index is 13.5. The number of nitrogens with zero attached hydrogens (tertiary/aromatic N) is 4. The molecule has 3 aromatic heterocycles. The minimum Gasteiger partial charge on any atom is -0.508 e. The zero-order valence-corrected chi connectivity index (χ0v) is 20.4. The number of aryl methyl sites for hydroxylation is 2. The quantitative estimate of drug-likeness (QED) is 0.314. The van der Waals surface area contributed by atoms with Crippen molar-refractivity contribution >= 4 is 22.5 Å². The van der Waals surface area contributed by atoms with Gasteiger partial charge in [-0.15, -0.1) is 0 Å². The molecular formula is C26H30N6O3. The molecule has 1 aromatic carbocycles. The van der Waals surface area contributed by atoms with Crippen LogP contribution in [-0.4, -0.2) is 58.1 Å². The molecule has 0 fully saturated rings. The van der Waals surface area contributed by atoms with E-state index in [1.807, 2.05) is 33.0 Å². The van der Waals surface area contributed by atoms with Crippen molar-refractivity contribution in [1.82, 2.24) is 25.2 Å². The third-order valence-electron chi connectivity index (χ3n) is 5.70. The van der Waals surface area contributed by atoms with Gasteiger partial charge in [-0.2, -0.15) is 0 Å². The van der Waals surface area contributed by atoms with E-state index in [0.717, 1.165) is 24.5 Å². The molecule has 9 heteroatoms. The van der Waals surface area contributed by atoms with E-state index in [0.29, 0.717) is 45.9 Å². The number of oxazole rings is 1. The number of fused-ring (bicyclic) bond motifs is 1. The zero-order valence-electron chi connectivity index (χ0n) is 20.4. The molecule has 3 N–H and O–H groups in total. The van der Waals surface area contributed by atoms with E-state index in [9.17, 15) is 9.90 Å². The molecule has 4 aromatic rings. The first-order chi connectivity index (χ1) is 16.9. The van der Waals surface area contributed by atoms with Crippen molar-refractivity contribution in [3.63, 3.8) is 0 Å². The van der Waals surface area contributed by atoms with Crippen LogP contribution in [0.25, 0.3) is 22.3 Å². The minimum atomic E-state index is -0.222. The fraction of sp³-hybridized carbons (Fsp3) is 0.308. The van der Waals surface area contributed by atoms with Crippen LogP contribution in [0.3, 0.4) is 0 Å². The van der Waals surface area contributed by atoms with Crippen LogP contribution < -0.4 is 10.6 Å². The number of hydrogen-bond acceptors (Lipinski definition) is 8. The number of amides is 1. The fourth-order valence-corrected chi connectivity index (χ4v) is 3.83. The van der Waals surface area contributed by atoms with Crippen molar-refractivity contribution in [3.05, 3.63) is 65.5 Å². The molecular weight excluding hydrogens is 444 g/mol. The molecule has 3 heterocycles. The monoisotopic (exact) mass is 474 g/mol. The number of rotatable bonds is 9. The minimum absolute atomic E-state index is 0.0672. The number of carbonyl (C=O) groups excluding carboxylic acids is 1. The van der Waals surface area contributed by atoms with Gasteiger partial charge in [-0.05, 0) is 50.4 Å². The smallest absolute Gasteiger partial charge is 0.254 e. The molecule has 0 saturated heterocycles. The molecule has 182 valence electrons. The van der Waals surface area contributed by atoms with Crippen LogP contribution in [0, 0.1) is 6.92 Å². The van der Waals surface area contributed by atoms with Crippen LogP contribution >= 0.6 is 0 Å². The molecule has 0 unspecified atom stereocenters. The summed E-state index contributed by atoms with van der Waals surface area (Å²) in [6.45, 7) is 5.79. The van der Waals surface area contributed by atoms with Gasteiger partial charge in [-0.1, -0.05) is 6.92 Å². The topological polar surface area (TPSA) is 116 Å². The summed E-state index contributed by atoms with van der Waals surface area (Å²) in [5.74, 6) is 1.09. The standard InChI is InChI=1S/C26H30N6O3/c1-5-25-29-14-18(35-25)15-32(4)26(34)20-13-24(31-22-7-6-17(33)12-19(20)22)23-9-8-21(16(2)30-23)28-11-10-27-3/h6-9,12-14,27-28,33H,5,10-11,15H2,1-4H3. The Kier molecular flexibility index (Phi) is 7.26. The third kappa shape index (κ3) is 5.41. The summed E-state index contributed by atoms with van der Waals surface area (Å²) in [6, 6.07) is 10.4. The lowest BCUT2D eigenvalue weighted by Gasteiger charge is -2.18. The van der Waals surface area contributed by atoms with Gasteiger partial charge in [0.2, 0.25) is 0 Å². The molecule has 35 heavy (non-hydrogen) atoms. The van der Waals surface area contributed by atoms with Crippen molar-refractivity contribution in [1.29, 1.82) is 0 Å². The average Bonchev–Trinajstić information content (AvgIpc) is 3.31. The second-order valence-corrected chi connectivity index (χ2v) is 8.35. The van der Waals surface area contributed by atoms with E-state index in [4.69, 9.17) is 14.4 Å².